The molecule has 126 valence electrons. The number of carbonyl (C=O) groups is 2. The third-order valence-corrected chi connectivity index (χ3v) is 3.38. The van der Waals surface area contributed by atoms with Gasteiger partial charge in [-0.05, 0) is 35.7 Å². The van der Waals surface area contributed by atoms with Crippen molar-refractivity contribution in [3.8, 4) is 17.2 Å². The molecule has 0 aliphatic rings. The molecule has 2 rings (SSSR count). The highest BCUT2D eigenvalue weighted by Gasteiger charge is 2.17. The first kappa shape index (κ1) is 17.1. The molecule has 7 heteroatoms. The number of phenols is 3. The Morgan fingerprint density at radius 2 is 1.75 bits per heavy atom. The van der Waals surface area contributed by atoms with Crippen LogP contribution in [0.5, 0.6) is 17.2 Å². The summed E-state index contributed by atoms with van der Waals surface area (Å²) in [5.41, 5.74) is 5.51. The van der Waals surface area contributed by atoms with Crippen molar-refractivity contribution in [2.45, 2.75) is 19.8 Å². The van der Waals surface area contributed by atoms with Crippen molar-refractivity contribution in [1.29, 1.82) is 0 Å². The van der Waals surface area contributed by atoms with Crippen molar-refractivity contribution in [2.24, 2.45) is 0 Å². The van der Waals surface area contributed by atoms with Gasteiger partial charge < -0.3 is 15.3 Å². The maximum Gasteiger partial charge on any atom is 0.273 e. The Kier molecular flexibility index (Phi) is 5.26. The SMILES string of the molecule is CCc1cc(O)cc(O)c1C(=O)NNC(=O)Cc1cccc(O)c1. The number of hydrogen-bond donors (Lipinski definition) is 5. The number of carbonyl (C=O) groups excluding carboxylic acids is 2. The van der Waals surface area contributed by atoms with Crippen LogP contribution in [0.4, 0.5) is 0 Å². The first-order valence-corrected chi connectivity index (χ1v) is 7.32. The second kappa shape index (κ2) is 7.36. The molecule has 24 heavy (non-hydrogen) atoms. The summed E-state index contributed by atoms with van der Waals surface area (Å²) in [7, 11) is 0. The Balaban J connectivity index is 2.02. The summed E-state index contributed by atoms with van der Waals surface area (Å²) in [5.74, 6) is -1.63. The van der Waals surface area contributed by atoms with Crippen LogP contribution in [0.25, 0.3) is 0 Å². The number of aromatic hydroxyl groups is 3. The lowest BCUT2D eigenvalue weighted by molar-refractivity contribution is -0.121. The van der Waals surface area contributed by atoms with Crippen LogP contribution in [0.15, 0.2) is 36.4 Å². The minimum atomic E-state index is -0.686. The minimum Gasteiger partial charge on any atom is -0.508 e. The van der Waals surface area contributed by atoms with Crippen molar-refractivity contribution >= 4 is 11.8 Å². The average molecular weight is 330 g/mol. The van der Waals surface area contributed by atoms with Crippen LogP contribution in [0.3, 0.4) is 0 Å². The van der Waals surface area contributed by atoms with Gasteiger partial charge in [-0.25, -0.2) is 0 Å². The quantitative estimate of drug-likeness (QED) is 0.543. The summed E-state index contributed by atoms with van der Waals surface area (Å²) < 4.78 is 0. The van der Waals surface area contributed by atoms with E-state index in [0.717, 1.165) is 6.07 Å². The van der Waals surface area contributed by atoms with Crippen molar-refractivity contribution in [1.82, 2.24) is 10.9 Å². The summed E-state index contributed by atoms with van der Waals surface area (Å²) in [6.07, 6.45) is 0.388. The second-order valence-corrected chi connectivity index (χ2v) is 5.20. The smallest absolute Gasteiger partial charge is 0.273 e. The number of hydrazine groups is 1. The fourth-order valence-electron chi connectivity index (χ4n) is 2.30. The van der Waals surface area contributed by atoms with Gasteiger partial charge in [0, 0.05) is 6.07 Å². The Morgan fingerprint density at radius 1 is 1.00 bits per heavy atom. The highest BCUT2D eigenvalue weighted by atomic mass is 16.3. The molecule has 0 spiro atoms. The van der Waals surface area contributed by atoms with Gasteiger partial charge in [-0.2, -0.15) is 0 Å². The number of hydrogen-bond acceptors (Lipinski definition) is 5. The van der Waals surface area contributed by atoms with E-state index in [2.05, 4.69) is 10.9 Å². The van der Waals surface area contributed by atoms with E-state index in [-0.39, 0.29) is 29.2 Å². The van der Waals surface area contributed by atoms with Gasteiger partial charge in [0.15, 0.2) is 0 Å². The molecule has 0 heterocycles. The Morgan fingerprint density at radius 3 is 2.42 bits per heavy atom. The predicted molar refractivity (Wildman–Crippen MR) is 86.6 cm³/mol. The lowest BCUT2D eigenvalue weighted by atomic mass is 10.0. The molecule has 0 aliphatic carbocycles. The summed E-state index contributed by atoms with van der Waals surface area (Å²) in [6, 6.07) is 8.65. The molecule has 0 fully saturated rings. The maximum atomic E-state index is 12.2. The molecule has 0 aliphatic heterocycles. The Labute approximate surface area is 138 Å². The van der Waals surface area contributed by atoms with E-state index in [1.54, 1.807) is 19.1 Å². The zero-order valence-electron chi connectivity index (χ0n) is 13.0. The van der Waals surface area contributed by atoms with Gasteiger partial charge in [-0.3, -0.25) is 20.4 Å². The molecule has 0 radical (unpaired) electrons. The number of nitrogens with one attached hydrogen (secondary N) is 2. The zero-order valence-corrected chi connectivity index (χ0v) is 13.0. The molecule has 0 saturated carbocycles. The van der Waals surface area contributed by atoms with E-state index < -0.39 is 11.8 Å². The largest absolute Gasteiger partial charge is 0.508 e. The van der Waals surface area contributed by atoms with Gasteiger partial charge >= 0.3 is 0 Å². The minimum absolute atomic E-state index is 0.00652. The molecule has 0 saturated heterocycles. The third-order valence-electron chi connectivity index (χ3n) is 3.38. The van der Waals surface area contributed by atoms with E-state index >= 15 is 0 Å². The molecule has 2 aromatic rings. The summed E-state index contributed by atoms with van der Waals surface area (Å²) >= 11 is 0. The van der Waals surface area contributed by atoms with Crippen molar-refractivity contribution in [3.63, 3.8) is 0 Å². The van der Waals surface area contributed by atoms with Crippen LogP contribution < -0.4 is 10.9 Å². The predicted octanol–water partition coefficient (Wildman–Crippen LogP) is 1.37. The van der Waals surface area contributed by atoms with Gasteiger partial charge in [0.2, 0.25) is 5.91 Å². The fourth-order valence-corrected chi connectivity index (χ4v) is 2.30. The molecule has 5 N–H and O–H groups in total. The molecule has 0 aromatic heterocycles. The van der Waals surface area contributed by atoms with Gasteiger partial charge in [0.05, 0.1) is 12.0 Å². The summed E-state index contributed by atoms with van der Waals surface area (Å²) in [4.78, 5) is 24.0. The summed E-state index contributed by atoms with van der Waals surface area (Å²) in [6.45, 7) is 1.77. The first-order valence-electron chi connectivity index (χ1n) is 7.32. The van der Waals surface area contributed by atoms with Crippen molar-refractivity contribution in [3.05, 3.63) is 53.1 Å². The number of aryl methyl sites for hydroxylation is 1. The second-order valence-electron chi connectivity index (χ2n) is 5.20. The molecular formula is C17H18N2O5. The monoisotopic (exact) mass is 330 g/mol. The maximum absolute atomic E-state index is 12.2. The average Bonchev–Trinajstić information content (AvgIpc) is 2.51. The lowest BCUT2D eigenvalue weighted by Gasteiger charge is -2.12. The zero-order chi connectivity index (χ0) is 17.7. The molecular weight excluding hydrogens is 312 g/mol. The van der Waals surface area contributed by atoms with E-state index in [9.17, 15) is 24.9 Å². The summed E-state index contributed by atoms with van der Waals surface area (Å²) in [5, 5.41) is 28.7. The number of amides is 2. The fraction of sp³-hybridized carbons (Fsp3) is 0.176. The van der Waals surface area contributed by atoms with Gasteiger partial charge in [0.25, 0.3) is 5.91 Å². The normalized spacial score (nSPS) is 10.2. The highest BCUT2D eigenvalue weighted by Crippen LogP contribution is 2.27. The molecule has 0 atom stereocenters. The number of benzene rings is 2. The standard InChI is InChI=1S/C17H18N2O5/c1-2-11-8-13(21)9-14(22)16(11)17(24)19-18-15(23)7-10-4-3-5-12(20)6-10/h3-6,8-9,20-22H,2,7H2,1H3,(H,18,23)(H,19,24). The number of phenolic OH excluding ortho intramolecular Hbond substituents is 3. The molecule has 2 aromatic carbocycles. The molecule has 0 unspecified atom stereocenters. The highest BCUT2D eigenvalue weighted by molar-refractivity contribution is 5.99. The molecule has 0 bridgehead atoms. The molecule has 7 nitrogen and oxygen atoms in total. The van der Waals surface area contributed by atoms with Crippen LogP contribution in [0.1, 0.15) is 28.4 Å². The molecule has 2 amide bonds. The van der Waals surface area contributed by atoms with E-state index in [1.165, 1.54) is 18.2 Å². The van der Waals surface area contributed by atoms with Crippen molar-refractivity contribution in [2.75, 3.05) is 0 Å². The lowest BCUT2D eigenvalue weighted by Crippen LogP contribution is -2.42. The Bertz CT molecular complexity index is 774. The van der Waals surface area contributed by atoms with Crippen LogP contribution in [0.2, 0.25) is 0 Å². The van der Waals surface area contributed by atoms with E-state index in [4.69, 9.17) is 0 Å². The third kappa shape index (κ3) is 4.16. The Hall–Kier alpha value is -3.22. The van der Waals surface area contributed by atoms with Gasteiger partial charge in [-0.1, -0.05) is 19.1 Å². The number of rotatable bonds is 4. The van der Waals surface area contributed by atoms with E-state index in [1.807, 2.05) is 0 Å². The van der Waals surface area contributed by atoms with Gasteiger partial charge in [-0.15, -0.1) is 0 Å². The van der Waals surface area contributed by atoms with Crippen LogP contribution in [-0.2, 0) is 17.6 Å². The topological polar surface area (TPSA) is 119 Å². The van der Waals surface area contributed by atoms with Gasteiger partial charge in [0.1, 0.15) is 17.2 Å². The van der Waals surface area contributed by atoms with Crippen molar-refractivity contribution < 1.29 is 24.9 Å². The van der Waals surface area contributed by atoms with Crippen LogP contribution in [-0.4, -0.2) is 27.1 Å². The van der Waals surface area contributed by atoms with E-state index in [0.29, 0.717) is 17.5 Å². The first-order chi connectivity index (χ1) is 11.4. The van der Waals surface area contributed by atoms with Crippen LogP contribution in [0, 0.1) is 0 Å². The van der Waals surface area contributed by atoms with Crippen LogP contribution >= 0.6 is 0 Å².